The third kappa shape index (κ3) is 3.14. The molecule has 0 aromatic heterocycles. The Morgan fingerprint density at radius 3 is 2.39 bits per heavy atom. The van der Waals surface area contributed by atoms with Gasteiger partial charge in [0.25, 0.3) is 0 Å². The van der Waals surface area contributed by atoms with E-state index in [1.54, 1.807) is 0 Å². The van der Waals surface area contributed by atoms with Gasteiger partial charge >= 0.3 is 0 Å². The maximum atomic E-state index is 12.2. The first-order chi connectivity index (χ1) is 8.53. The van der Waals surface area contributed by atoms with Crippen LogP contribution in [-0.2, 0) is 4.79 Å². The van der Waals surface area contributed by atoms with Gasteiger partial charge in [0.1, 0.15) is 5.78 Å². The molecule has 18 heavy (non-hydrogen) atoms. The molecule has 0 aromatic rings. The second-order valence-corrected chi connectivity index (χ2v) is 7.02. The van der Waals surface area contributed by atoms with E-state index in [4.69, 9.17) is 0 Å². The number of hydrogen-bond acceptors (Lipinski definition) is 2. The largest absolute Gasteiger partial charge is 0.303 e. The van der Waals surface area contributed by atoms with E-state index >= 15 is 0 Å². The van der Waals surface area contributed by atoms with Gasteiger partial charge in [-0.25, -0.2) is 0 Å². The SMILES string of the molecule is CCCC1CCN(CC2CCC(C)(C)C2=O)CC1. The predicted octanol–water partition coefficient (Wildman–Crippen LogP) is 3.50. The lowest BCUT2D eigenvalue weighted by Gasteiger charge is -2.33. The van der Waals surface area contributed by atoms with Crippen LogP contribution in [0.15, 0.2) is 0 Å². The lowest BCUT2D eigenvalue weighted by Crippen LogP contribution is -2.39. The fourth-order valence-electron chi connectivity index (χ4n) is 3.69. The Kier molecular flexibility index (Phi) is 4.47. The van der Waals surface area contributed by atoms with E-state index in [-0.39, 0.29) is 5.41 Å². The minimum Gasteiger partial charge on any atom is -0.303 e. The van der Waals surface area contributed by atoms with Gasteiger partial charge in [-0.05, 0) is 44.7 Å². The van der Waals surface area contributed by atoms with Gasteiger partial charge in [-0.2, -0.15) is 0 Å². The van der Waals surface area contributed by atoms with Crippen molar-refractivity contribution < 1.29 is 4.79 Å². The molecule has 1 atom stereocenters. The monoisotopic (exact) mass is 251 g/mol. The molecular weight excluding hydrogens is 222 g/mol. The molecule has 2 heteroatoms. The molecule has 0 N–H and O–H groups in total. The van der Waals surface area contributed by atoms with Crippen LogP contribution in [-0.4, -0.2) is 30.3 Å². The summed E-state index contributed by atoms with van der Waals surface area (Å²) >= 11 is 0. The van der Waals surface area contributed by atoms with Gasteiger partial charge in [0.05, 0.1) is 0 Å². The number of carbonyl (C=O) groups excluding carboxylic acids is 1. The molecular formula is C16H29NO. The molecule has 0 bridgehead atoms. The van der Waals surface area contributed by atoms with E-state index in [0.717, 1.165) is 25.3 Å². The Bertz CT molecular complexity index is 289. The topological polar surface area (TPSA) is 20.3 Å². The lowest BCUT2D eigenvalue weighted by molar-refractivity contribution is -0.128. The first-order valence-corrected chi connectivity index (χ1v) is 7.79. The van der Waals surface area contributed by atoms with E-state index in [1.165, 1.54) is 38.8 Å². The van der Waals surface area contributed by atoms with Crippen molar-refractivity contribution in [3.8, 4) is 0 Å². The summed E-state index contributed by atoms with van der Waals surface area (Å²) < 4.78 is 0. The lowest BCUT2D eigenvalue weighted by atomic mass is 9.88. The molecule has 0 spiro atoms. The minimum atomic E-state index is -0.0504. The average Bonchev–Trinajstić information content (AvgIpc) is 2.59. The Labute approximate surface area is 112 Å². The Morgan fingerprint density at radius 1 is 1.22 bits per heavy atom. The van der Waals surface area contributed by atoms with Crippen LogP contribution in [0, 0.1) is 17.3 Å². The third-order valence-corrected chi connectivity index (χ3v) is 5.04. The van der Waals surface area contributed by atoms with E-state index in [9.17, 15) is 4.79 Å². The molecule has 1 saturated heterocycles. The van der Waals surface area contributed by atoms with Crippen molar-refractivity contribution in [2.45, 2.75) is 59.3 Å². The van der Waals surface area contributed by atoms with Crippen LogP contribution < -0.4 is 0 Å². The smallest absolute Gasteiger partial charge is 0.142 e. The standard InChI is InChI=1S/C16H29NO/c1-4-5-13-7-10-17(11-8-13)12-14-6-9-16(2,3)15(14)18/h13-14H,4-12H2,1-3H3. The first-order valence-electron chi connectivity index (χ1n) is 7.79. The van der Waals surface area contributed by atoms with E-state index in [0.29, 0.717) is 11.7 Å². The molecule has 2 rings (SSSR count). The molecule has 2 aliphatic rings. The summed E-state index contributed by atoms with van der Waals surface area (Å²) in [6.07, 6.45) is 7.60. The second-order valence-electron chi connectivity index (χ2n) is 7.02. The van der Waals surface area contributed by atoms with Crippen molar-refractivity contribution in [3.05, 3.63) is 0 Å². The summed E-state index contributed by atoms with van der Waals surface area (Å²) in [5, 5.41) is 0. The molecule has 1 unspecified atom stereocenters. The number of rotatable bonds is 4. The molecule has 0 amide bonds. The summed E-state index contributed by atoms with van der Waals surface area (Å²) in [6.45, 7) is 9.97. The van der Waals surface area contributed by atoms with Gasteiger partial charge in [-0.1, -0.05) is 33.6 Å². The molecule has 1 saturated carbocycles. The molecule has 1 aliphatic heterocycles. The highest BCUT2D eigenvalue weighted by Gasteiger charge is 2.40. The Balaban J connectivity index is 1.77. The van der Waals surface area contributed by atoms with E-state index < -0.39 is 0 Å². The van der Waals surface area contributed by atoms with Gasteiger partial charge in [-0.15, -0.1) is 0 Å². The number of likely N-dealkylation sites (tertiary alicyclic amines) is 1. The molecule has 1 aliphatic carbocycles. The van der Waals surface area contributed by atoms with E-state index in [1.807, 2.05) is 0 Å². The van der Waals surface area contributed by atoms with Gasteiger partial charge in [-0.3, -0.25) is 4.79 Å². The number of piperidine rings is 1. The van der Waals surface area contributed by atoms with Gasteiger partial charge < -0.3 is 4.90 Å². The summed E-state index contributed by atoms with van der Waals surface area (Å²) in [4.78, 5) is 14.8. The van der Waals surface area contributed by atoms with Gasteiger partial charge in [0.15, 0.2) is 0 Å². The van der Waals surface area contributed by atoms with Crippen LogP contribution in [0.5, 0.6) is 0 Å². The number of nitrogens with zero attached hydrogens (tertiary/aromatic N) is 1. The van der Waals surface area contributed by atoms with Crippen LogP contribution in [0.4, 0.5) is 0 Å². The maximum Gasteiger partial charge on any atom is 0.142 e. The Hall–Kier alpha value is -0.370. The molecule has 0 aromatic carbocycles. The van der Waals surface area contributed by atoms with Crippen LogP contribution in [0.3, 0.4) is 0 Å². The van der Waals surface area contributed by atoms with Crippen LogP contribution in [0.2, 0.25) is 0 Å². The van der Waals surface area contributed by atoms with Gasteiger partial charge in [0.2, 0.25) is 0 Å². The average molecular weight is 251 g/mol. The summed E-state index contributed by atoms with van der Waals surface area (Å²) in [5.74, 6) is 1.78. The summed E-state index contributed by atoms with van der Waals surface area (Å²) in [6, 6.07) is 0. The van der Waals surface area contributed by atoms with Crippen LogP contribution in [0.25, 0.3) is 0 Å². The number of carbonyl (C=O) groups is 1. The predicted molar refractivity (Wildman–Crippen MR) is 75.6 cm³/mol. The van der Waals surface area contributed by atoms with Crippen LogP contribution >= 0.6 is 0 Å². The normalized spacial score (nSPS) is 29.9. The molecule has 1 heterocycles. The van der Waals surface area contributed by atoms with Crippen molar-refractivity contribution in [3.63, 3.8) is 0 Å². The van der Waals surface area contributed by atoms with Crippen LogP contribution in [0.1, 0.15) is 59.3 Å². The second kappa shape index (κ2) is 5.73. The first kappa shape index (κ1) is 14.0. The Morgan fingerprint density at radius 2 is 1.89 bits per heavy atom. The zero-order valence-corrected chi connectivity index (χ0v) is 12.4. The highest BCUT2D eigenvalue weighted by atomic mass is 16.1. The summed E-state index contributed by atoms with van der Waals surface area (Å²) in [5.41, 5.74) is -0.0504. The molecule has 2 nitrogen and oxygen atoms in total. The zero-order chi connectivity index (χ0) is 13.2. The zero-order valence-electron chi connectivity index (χ0n) is 12.4. The fourth-order valence-corrected chi connectivity index (χ4v) is 3.69. The number of ketones is 1. The van der Waals surface area contributed by atoms with Crippen molar-refractivity contribution in [1.82, 2.24) is 4.90 Å². The van der Waals surface area contributed by atoms with Gasteiger partial charge in [0, 0.05) is 17.9 Å². The van der Waals surface area contributed by atoms with E-state index in [2.05, 4.69) is 25.7 Å². The van der Waals surface area contributed by atoms with Crippen molar-refractivity contribution >= 4 is 5.78 Å². The maximum absolute atomic E-state index is 12.2. The number of hydrogen-bond donors (Lipinski definition) is 0. The number of Topliss-reactive ketones (excluding diaryl/α,β-unsaturated/α-hetero) is 1. The summed E-state index contributed by atoms with van der Waals surface area (Å²) in [7, 11) is 0. The van der Waals surface area contributed by atoms with Crippen molar-refractivity contribution in [2.75, 3.05) is 19.6 Å². The van der Waals surface area contributed by atoms with Crippen molar-refractivity contribution in [1.29, 1.82) is 0 Å². The fraction of sp³-hybridized carbons (Fsp3) is 0.938. The molecule has 104 valence electrons. The minimum absolute atomic E-state index is 0.0504. The third-order valence-electron chi connectivity index (χ3n) is 5.04. The quantitative estimate of drug-likeness (QED) is 0.762. The molecule has 0 radical (unpaired) electrons. The molecule has 2 fully saturated rings. The van der Waals surface area contributed by atoms with Crippen molar-refractivity contribution in [2.24, 2.45) is 17.3 Å². The highest BCUT2D eigenvalue weighted by molar-refractivity contribution is 5.88. The highest BCUT2D eigenvalue weighted by Crippen LogP contribution is 2.38.